The first-order chi connectivity index (χ1) is 6.65. The molecule has 0 aliphatic rings. The van der Waals surface area contributed by atoms with E-state index in [0.717, 1.165) is 0 Å². The van der Waals surface area contributed by atoms with E-state index in [0.29, 0.717) is 16.7 Å². The van der Waals surface area contributed by atoms with E-state index in [4.69, 9.17) is 14.2 Å². The molecule has 0 spiro atoms. The van der Waals surface area contributed by atoms with Gasteiger partial charge in [-0.3, -0.25) is 0 Å². The first kappa shape index (κ1) is 10.7. The SMILES string of the molecule is COc1cc([Si])c(O)c(OC)c1OC. The number of hydrogen-bond acceptors (Lipinski definition) is 4. The van der Waals surface area contributed by atoms with Crippen molar-refractivity contribution in [1.82, 2.24) is 0 Å². The molecule has 0 fully saturated rings. The molecule has 75 valence electrons. The minimum Gasteiger partial charge on any atom is -0.504 e. The van der Waals surface area contributed by atoms with Gasteiger partial charge in [-0.25, -0.2) is 0 Å². The lowest BCUT2D eigenvalue weighted by molar-refractivity contribution is 0.312. The predicted octanol–water partition coefficient (Wildman–Crippen LogP) is 0.212. The van der Waals surface area contributed by atoms with E-state index >= 15 is 0 Å². The minimum atomic E-state index is -0.0122. The number of phenolic OH excluding ortho intramolecular Hbond substituents is 1. The van der Waals surface area contributed by atoms with Crippen molar-refractivity contribution in [2.45, 2.75) is 0 Å². The Balaban J connectivity index is 3.42. The van der Waals surface area contributed by atoms with Crippen molar-refractivity contribution in [2.24, 2.45) is 0 Å². The quantitative estimate of drug-likeness (QED) is 0.726. The molecule has 0 unspecified atom stereocenters. The zero-order valence-corrected chi connectivity index (χ0v) is 9.25. The highest BCUT2D eigenvalue weighted by atomic mass is 28.1. The van der Waals surface area contributed by atoms with E-state index in [1.54, 1.807) is 6.07 Å². The van der Waals surface area contributed by atoms with E-state index in [9.17, 15) is 5.11 Å². The maximum Gasteiger partial charge on any atom is 0.207 e. The number of hydrogen-bond donors (Lipinski definition) is 1. The van der Waals surface area contributed by atoms with Gasteiger partial charge >= 0.3 is 0 Å². The number of benzene rings is 1. The van der Waals surface area contributed by atoms with Crippen LogP contribution < -0.4 is 19.4 Å². The van der Waals surface area contributed by atoms with Gasteiger partial charge in [0.25, 0.3) is 0 Å². The Morgan fingerprint density at radius 3 is 2.07 bits per heavy atom. The Morgan fingerprint density at radius 1 is 1.07 bits per heavy atom. The van der Waals surface area contributed by atoms with Crippen LogP contribution in [-0.4, -0.2) is 36.7 Å². The summed E-state index contributed by atoms with van der Waals surface area (Å²) in [5.74, 6) is 1.10. The summed E-state index contributed by atoms with van der Waals surface area (Å²) < 4.78 is 15.1. The second kappa shape index (κ2) is 4.23. The zero-order chi connectivity index (χ0) is 10.7. The van der Waals surface area contributed by atoms with Crippen molar-refractivity contribution in [3.8, 4) is 23.0 Å². The van der Waals surface area contributed by atoms with E-state index in [2.05, 4.69) is 10.2 Å². The Labute approximate surface area is 85.8 Å². The fourth-order valence-corrected chi connectivity index (χ4v) is 1.39. The first-order valence-electron chi connectivity index (χ1n) is 3.89. The molecule has 0 bridgehead atoms. The van der Waals surface area contributed by atoms with Crippen molar-refractivity contribution in [3.63, 3.8) is 0 Å². The maximum atomic E-state index is 9.62. The second-order valence-corrected chi connectivity index (χ2v) is 3.08. The highest BCUT2D eigenvalue weighted by molar-refractivity contribution is 6.34. The maximum absolute atomic E-state index is 9.62. The van der Waals surface area contributed by atoms with Gasteiger partial charge in [-0.2, -0.15) is 0 Å². The third kappa shape index (κ3) is 1.63. The van der Waals surface area contributed by atoms with Crippen molar-refractivity contribution >= 4 is 15.4 Å². The van der Waals surface area contributed by atoms with Crippen LogP contribution in [0.2, 0.25) is 0 Å². The fraction of sp³-hybridized carbons (Fsp3) is 0.333. The third-order valence-electron chi connectivity index (χ3n) is 1.80. The van der Waals surface area contributed by atoms with Crippen LogP contribution in [0.15, 0.2) is 6.07 Å². The molecule has 0 atom stereocenters. The molecule has 1 aromatic carbocycles. The molecule has 0 aliphatic heterocycles. The molecular formula is C9H11O4Si. The smallest absolute Gasteiger partial charge is 0.207 e. The average molecular weight is 211 g/mol. The molecule has 1 N–H and O–H groups in total. The van der Waals surface area contributed by atoms with Gasteiger partial charge in [-0.1, -0.05) is 0 Å². The van der Waals surface area contributed by atoms with Crippen LogP contribution in [-0.2, 0) is 0 Å². The molecule has 0 aromatic heterocycles. The molecule has 4 nitrogen and oxygen atoms in total. The Hall–Kier alpha value is -1.36. The summed E-state index contributed by atoms with van der Waals surface area (Å²) >= 11 is 0. The van der Waals surface area contributed by atoms with Crippen molar-refractivity contribution in [3.05, 3.63) is 6.07 Å². The van der Waals surface area contributed by atoms with Gasteiger partial charge in [0.2, 0.25) is 11.5 Å². The van der Waals surface area contributed by atoms with Gasteiger partial charge in [0.1, 0.15) is 0 Å². The van der Waals surface area contributed by atoms with Gasteiger partial charge in [-0.05, 0) is 11.3 Å². The van der Waals surface area contributed by atoms with Crippen molar-refractivity contribution < 1.29 is 19.3 Å². The van der Waals surface area contributed by atoms with Crippen molar-refractivity contribution in [1.29, 1.82) is 0 Å². The van der Waals surface area contributed by atoms with Gasteiger partial charge in [-0.15, -0.1) is 0 Å². The van der Waals surface area contributed by atoms with Gasteiger partial charge in [0, 0.05) is 0 Å². The fourth-order valence-electron chi connectivity index (χ4n) is 1.14. The van der Waals surface area contributed by atoms with Gasteiger partial charge < -0.3 is 19.3 Å². The Morgan fingerprint density at radius 2 is 1.64 bits per heavy atom. The highest BCUT2D eigenvalue weighted by Gasteiger charge is 2.17. The first-order valence-corrected chi connectivity index (χ1v) is 4.39. The van der Waals surface area contributed by atoms with E-state index in [-0.39, 0.29) is 11.5 Å². The number of phenols is 1. The van der Waals surface area contributed by atoms with Crippen LogP contribution in [0, 0.1) is 0 Å². The third-order valence-corrected chi connectivity index (χ3v) is 2.18. The lowest BCUT2D eigenvalue weighted by Gasteiger charge is -2.14. The van der Waals surface area contributed by atoms with E-state index < -0.39 is 0 Å². The molecule has 0 amide bonds. The molecule has 1 rings (SSSR count). The van der Waals surface area contributed by atoms with Crippen LogP contribution in [0.1, 0.15) is 0 Å². The molecule has 1 aromatic rings. The largest absolute Gasteiger partial charge is 0.504 e. The van der Waals surface area contributed by atoms with Gasteiger partial charge in [0.15, 0.2) is 11.5 Å². The minimum absolute atomic E-state index is 0.0122. The topological polar surface area (TPSA) is 47.9 Å². The molecule has 0 saturated carbocycles. The highest BCUT2D eigenvalue weighted by Crippen LogP contribution is 2.41. The predicted molar refractivity (Wildman–Crippen MR) is 53.2 cm³/mol. The van der Waals surface area contributed by atoms with E-state index in [1.165, 1.54) is 21.3 Å². The summed E-state index contributed by atoms with van der Waals surface area (Å²) in [6.45, 7) is 0. The summed E-state index contributed by atoms with van der Waals surface area (Å²) in [7, 11) is 7.67. The number of rotatable bonds is 3. The van der Waals surface area contributed by atoms with Crippen LogP contribution in [0.5, 0.6) is 23.0 Å². The Bertz CT molecular complexity index is 338. The number of ether oxygens (including phenoxy) is 3. The lowest BCUT2D eigenvalue weighted by Crippen LogP contribution is -2.07. The molecular weight excluding hydrogens is 200 g/mol. The van der Waals surface area contributed by atoms with E-state index in [1.807, 2.05) is 0 Å². The monoisotopic (exact) mass is 211 g/mol. The number of methoxy groups -OCH3 is 3. The summed E-state index contributed by atoms with van der Waals surface area (Å²) in [5, 5.41) is 10.1. The summed E-state index contributed by atoms with van der Waals surface area (Å²) in [6, 6.07) is 1.60. The lowest BCUT2D eigenvalue weighted by atomic mass is 10.2. The summed E-state index contributed by atoms with van der Waals surface area (Å²) in [4.78, 5) is 0. The van der Waals surface area contributed by atoms with Crippen LogP contribution >= 0.6 is 0 Å². The molecule has 0 heterocycles. The second-order valence-electron chi connectivity index (χ2n) is 2.54. The Kier molecular flexibility index (Phi) is 3.24. The summed E-state index contributed by atoms with van der Waals surface area (Å²) in [5.41, 5.74) is 0. The van der Waals surface area contributed by atoms with Gasteiger partial charge in [0.05, 0.1) is 31.6 Å². The summed E-state index contributed by atoms with van der Waals surface area (Å²) in [6.07, 6.45) is 0. The zero-order valence-electron chi connectivity index (χ0n) is 8.25. The van der Waals surface area contributed by atoms with Crippen LogP contribution in [0.4, 0.5) is 0 Å². The molecule has 0 aliphatic carbocycles. The van der Waals surface area contributed by atoms with Crippen LogP contribution in [0.3, 0.4) is 0 Å². The van der Waals surface area contributed by atoms with Crippen LogP contribution in [0.25, 0.3) is 0 Å². The molecule has 3 radical (unpaired) electrons. The standard InChI is InChI=1S/C9H11O4Si/c1-11-5-4-6(14)7(10)9(13-3)8(5)12-2/h4,10H,1-3H3. The average Bonchev–Trinajstić information content (AvgIpc) is 2.20. The molecule has 5 heteroatoms. The normalized spacial score (nSPS) is 9.71. The molecule has 0 saturated heterocycles. The van der Waals surface area contributed by atoms with Crippen molar-refractivity contribution in [2.75, 3.05) is 21.3 Å². The molecule has 14 heavy (non-hydrogen) atoms. The number of aromatic hydroxyl groups is 1.